The summed E-state index contributed by atoms with van der Waals surface area (Å²) in [4.78, 5) is 24.2. The lowest BCUT2D eigenvalue weighted by molar-refractivity contribution is -0.145. The monoisotopic (exact) mass is 425 g/mol. The highest BCUT2D eigenvalue weighted by molar-refractivity contribution is 5.76. The van der Waals surface area contributed by atoms with E-state index in [1.807, 2.05) is 36.4 Å². The van der Waals surface area contributed by atoms with Crippen molar-refractivity contribution in [2.45, 2.75) is 57.4 Å². The maximum Gasteiger partial charge on any atom is 0.305 e. The molecule has 2 aromatic rings. The quantitative estimate of drug-likeness (QED) is 0.337. The number of amides is 1. The van der Waals surface area contributed by atoms with Gasteiger partial charge in [0, 0.05) is 20.0 Å². The summed E-state index contributed by atoms with van der Waals surface area (Å²) in [5.74, 6) is -0.264. The fourth-order valence-electron chi connectivity index (χ4n) is 3.40. The lowest BCUT2D eigenvalue weighted by atomic mass is 10.1. The zero-order valence-corrected chi connectivity index (χ0v) is 18.6. The van der Waals surface area contributed by atoms with Gasteiger partial charge in [0.15, 0.2) is 0 Å². The van der Waals surface area contributed by atoms with Crippen LogP contribution in [0.25, 0.3) is 0 Å². The largest absolute Gasteiger partial charge is 0.463 e. The zero-order valence-electron chi connectivity index (χ0n) is 18.6. The molecule has 31 heavy (non-hydrogen) atoms. The minimum atomic E-state index is -0.320. The van der Waals surface area contributed by atoms with Crippen LogP contribution in [0.15, 0.2) is 60.7 Å². The first kappa shape index (κ1) is 24.6. The van der Waals surface area contributed by atoms with Gasteiger partial charge in [-0.3, -0.25) is 9.59 Å². The maximum absolute atomic E-state index is 12.2. The molecule has 1 atom stereocenters. The van der Waals surface area contributed by atoms with Crippen molar-refractivity contribution in [1.29, 1.82) is 0 Å². The summed E-state index contributed by atoms with van der Waals surface area (Å²) in [6.45, 7) is 0.457. The van der Waals surface area contributed by atoms with Gasteiger partial charge in [0.1, 0.15) is 6.61 Å². The van der Waals surface area contributed by atoms with Crippen molar-refractivity contribution in [1.82, 2.24) is 5.32 Å². The average Bonchev–Trinajstić information content (AvgIpc) is 2.79. The van der Waals surface area contributed by atoms with Gasteiger partial charge < -0.3 is 14.8 Å². The Morgan fingerprint density at radius 3 is 1.87 bits per heavy atom. The van der Waals surface area contributed by atoms with Crippen molar-refractivity contribution in [3.05, 3.63) is 71.8 Å². The normalized spacial score (nSPS) is 11.6. The fraction of sp³-hybridized carbons (Fsp3) is 0.462. The third kappa shape index (κ3) is 11.3. The van der Waals surface area contributed by atoms with Gasteiger partial charge in [-0.15, -0.1) is 0 Å². The fourth-order valence-corrected chi connectivity index (χ4v) is 3.40. The van der Waals surface area contributed by atoms with Gasteiger partial charge in [0.05, 0.1) is 12.6 Å². The molecule has 0 aromatic heterocycles. The van der Waals surface area contributed by atoms with E-state index in [2.05, 4.69) is 29.6 Å². The van der Waals surface area contributed by atoms with E-state index in [4.69, 9.17) is 9.47 Å². The maximum atomic E-state index is 12.2. The number of carbonyl (C=O) groups excluding carboxylic acids is 2. The van der Waals surface area contributed by atoms with Crippen molar-refractivity contribution in [3.8, 4) is 0 Å². The summed E-state index contributed by atoms with van der Waals surface area (Å²) in [7, 11) is 1.57. The van der Waals surface area contributed by atoms with Gasteiger partial charge in [-0.2, -0.15) is 0 Å². The van der Waals surface area contributed by atoms with Crippen LogP contribution in [0.2, 0.25) is 0 Å². The number of hydrogen-bond donors (Lipinski definition) is 1. The molecule has 0 fully saturated rings. The van der Waals surface area contributed by atoms with E-state index >= 15 is 0 Å². The number of aryl methyl sites for hydroxylation is 2. The second kappa shape index (κ2) is 15.2. The minimum absolute atomic E-state index is 0.0333. The van der Waals surface area contributed by atoms with Crippen LogP contribution in [0.1, 0.15) is 49.7 Å². The van der Waals surface area contributed by atoms with Gasteiger partial charge in [-0.05, 0) is 49.7 Å². The molecule has 1 N–H and O–H groups in total. The molecule has 0 aliphatic rings. The Bertz CT molecular complexity index is 749. The molecule has 5 nitrogen and oxygen atoms in total. The number of benzene rings is 2. The first-order valence-corrected chi connectivity index (χ1v) is 11.2. The third-order valence-electron chi connectivity index (χ3n) is 5.08. The number of esters is 1. The van der Waals surface area contributed by atoms with Crippen molar-refractivity contribution in [2.75, 3.05) is 20.3 Å². The molecule has 0 aliphatic carbocycles. The van der Waals surface area contributed by atoms with Crippen LogP contribution >= 0.6 is 0 Å². The molecular formula is C26H35NO4. The first-order valence-electron chi connectivity index (χ1n) is 11.2. The number of rotatable bonds is 15. The van der Waals surface area contributed by atoms with Crippen LogP contribution in [0, 0.1) is 0 Å². The van der Waals surface area contributed by atoms with Gasteiger partial charge in [-0.25, -0.2) is 0 Å². The van der Waals surface area contributed by atoms with Gasteiger partial charge in [0.25, 0.3) is 0 Å². The minimum Gasteiger partial charge on any atom is -0.463 e. The zero-order chi connectivity index (χ0) is 22.2. The molecule has 0 saturated carbocycles. The summed E-state index contributed by atoms with van der Waals surface area (Å²) >= 11 is 0. The molecule has 5 heteroatoms. The van der Waals surface area contributed by atoms with Crippen molar-refractivity contribution in [3.63, 3.8) is 0 Å². The van der Waals surface area contributed by atoms with Gasteiger partial charge in [-0.1, -0.05) is 60.7 Å². The SMILES string of the molecule is COC[C@H](COC(=O)CCCCc1ccccc1)NC(=O)CCCCc1ccccc1. The van der Waals surface area contributed by atoms with Crippen LogP contribution in [0.4, 0.5) is 0 Å². The molecule has 0 unspecified atom stereocenters. The Labute approximate surface area is 186 Å². The van der Waals surface area contributed by atoms with Crippen LogP contribution < -0.4 is 5.32 Å². The van der Waals surface area contributed by atoms with E-state index in [1.165, 1.54) is 11.1 Å². The molecule has 168 valence electrons. The lowest BCUT2D eigenvalue weighted by Crippen LogP contribution is -2.41. The van der Waals surface area contributed by atoms with Crippen LogP contribution in [0.3, 0.4) is 0 Å². The van der Waals surface area contributed by atoms with Crippen LogP contribution in [0.5, 0.6) is 0 Å². The number of ether oxygens (including phenoxy) is 2. The summed E-state index contributed by atoms with van der Waals surface area (Å²) in [5.41, 5.74) is 2.57. The molecule has 0 bridgehead atoms. The van der Waals surface area contributed by atoms with E-state index in [0.717, 1.165) is 38.5 Å². The highest BCUT2D eigenvalue weighted by Crippen LogP contribution is 2.08. The Hall–Kier alpha value is -2.66. The summed E-state index contributed by atoms with van der Waals surface area (Å²) in [6, 6.07) is 20.2. The smallest absolute Gasteiger partial charge is 0.305 e. The topological polar surface area (TPSA) is 64.6 Å². The van der Waals surface area contributed by atoms with Gasteiger partial charge in [0.2, 0.25) is 5.91 Å². The Morgan fingerprint density at radius 1 is 0.774 bits per heavy atom. The third-order valence-corrected chi connectivity index (χ3v) is 5.08. The molecule has 2 aromatic carbocycles. The molecule has 0 heterocycles. The lowest BCUT2D eigenvalue weighted by Gasteiger charge is -2.18. The highest BCUT2D eigenvalue weighted by atomic mass is 16.5. The summed E-state index contributed by atoms with van der Waals surface area (Å²) < 4.78 is 10.5. The Morgan fingerprint density at radius 2 is 1.32 bits per heavy atom. The van der Waals surface area contributed by atoms with Gasteiger partial charge >= 0.3 is 5.97 Å². The number of unbranched alkanes of at least 4 members (excludes halogenated alkanes) is 2. The van der Waals surface area contributed by atoms with E-state index in [-0.39, 0.29) is 24.5 Å². The van der Waals surface area contributed by atoms with Crippen LogP contribution in [-0.2, 0) is 31.9 Å². The van der Waals surface area contributed by atoms with E-state index in [1.54, 1.807) is 7.11 Å². The predicted molar refractivity (Wildman–Crippen MR) is 123 cm³/mol. The van der Waals surface area contributed by atoms with Crippen LogP contribution in [-0.4, -0.2) is 38.2 Å². The first-order chi connectivity index (χ1) is 15.2. The van der Waals surface area contributed by atoms with E-state index in [9.17, 15) is 9.59 Å². The second-order valence-electron chi connectivity index (χ2n) is 7.79. The van der Waals surface area contributed by atoms with Crippen molar-refractivity contribution >= 4 is 11.9 Å². The molecule has 0 saturated heterocycles. The number of hydrogen-bond acceptors (Lipinski definition) is 4. The Balaban J connectivity index is 1.57. The van der Waals surface area contributed by atoms with Crippen molar-refractivity contribution in [2.24, 2.45) is 0 Å². The highest BCUT2D eigenvalue weighted by Gasteiger charge is 2.15. The number of nitrogens with one attached hydrogen (secondary N) is 1. The molecule has 0 spiro atoms. The Kier molecular flexibility index (Phi) is 12.1. The van der Waals surface area contributed by atoms with Crippen molar-refractivity contribution < 1.29 is 19.1 Å². The standard InChI is InChI=1S/C26H35NO4/c1-30-20-24(27-25(28)18-10-8-16-22-12-4-2-5-13-22)21-31-26(29)19-11-9-17-23-14-6-3-7-15-23/h2-7,12-15,24H,8-11,16-21H2,1H3,(H,27,28)/t24-/m1/s1. The summed E-state index contributed by atoms with van der Waals surface area (Å²) in [5, 5.41) is 2.92. The average molecular weight is 426 g/mol. The molecule has 2 rings (SSSR count). The molecule has 0 aliphatic heterocycles. The predicted octanol–water partition coefficient (Wildman–Crippen LogP) is 4.49. The molecule has 0 radical (unpaired) electrons. The molecule has 1 amide bonds. The van der Waals surface area contributed by atoms with E-state index in [0.29, 0.717) is 19.4 Å². The van der Waals surface area contributed by atoms with E-state index < -0.39 is 0 Å². The summed E-state index contributed by atoms with van der Waals surface area (Å²) in [6.07, 6.45) is 6.29. The molecular weight excluding hydrogens is 390 g/mol. The number of carbonyl (C=O) groups is 2. The number of methoxy groups -OCH3 is 1. The second-order valence-corrected chi connectivity index (χ2v) is 7.79.